The van der Waals surface area contributed by atoms with Gasteiger partial charge in [-0.3, -0.25) is 4.79 Å². The van der Waals surface area contributed by atoms with Crippen LogP contribution in [-0.4, -0.2) is 38.3 Å². The Morgan fingerprint density at radius 1 is 1.47 bits per heavy atom. The molecule has 2 aliphatic heterocycles. The Bertz CT molecular complexity index is 256. The summed E-state index contributed by atoms with van der Waals surface area (Å²) >= 11 is 0. The molecule has 0 aliphatic carbocycles. The number of carbonyl (C=O) groups is 1. The van der Waals surface area contributed by atoms with E-state index in [2.05, 4.69) is 17.6 Å². The molecule has 17 heavy (non-hydrogen) atoms. The fourth-order valence-corrected chi connectivity index (χ4v) is 2.79. The van der Waals surface area contributed by atoms with Crippen molar-refractivity contribution in [2.45, 2.75) is 45.1 Å². The lowest BCUT2D eigenvalue weighted by molar-refractivity contribution is -0.130. The first-order valence-corrected chi connectivity index (χ1v) is 6.86. The van der Waals surface area contributed by atoms with Crippen molar-refractivity contribution in [1.82, 2.24) is 10.6 Å². The third kappa shape index (κ3) is 3.19. The highest BCUT2D eigenvalue weighted by molar-refractivity contribution is 5.80. The fourth-order valence-electron chi connectivity index (χ4n) is 2.79. The number of piperidine rings is 1. The normalized spacial score (nSPS) is 27.9. The lowest BCUT2D eigenvalue weighted by atomic mass is 9.76. The topological polar surface area (TPSA) is 50.4 Å². The van der Waals surface area contributed by atoms with Gasteiger partial charge in [0.15, 0.2) is 0 Å². The number of carbonyl (C=O) groups excluding carboxylic acids is 1. The highest BCUT2D eigenvalue weighted by Gasteiger charge is 2.32. The first-order chi connectivity index (χ1) is 8.26. The quantitative estimate of drug-likeness (QED) is 0.772. The summed E-state index contributed by atoms with van der Waals surface area (Å²) in [5.41, 5.74) is 0.305. The van der Waals surface area contributed by atoms with Crippen LogP contribution in [0.15, 0.2) is 0 Å². The summed E-state index contributed by atoms with van der Waals surface area (Å²) in [6, 6.07) is 0. The smallest absolute Gasteiger partial charge is 0.249 e. The van der Waals surface area contributed by atoms with Crippen LogP contribution < -0.4 is 10.6 Å². The average Bonchev–Trinajstić information content (AvgIpc) is 2.91. The third-order valence-electron chi connectivity index (χ3n) is 4.27. The maximum absolute atomic E-state index is 11.9. The summed E-state index contributed by atoms with van der Waals surface area (Å²) in [5, 5.41) is 6.47. The van der Waals surface area contributed by atoms with Gasteiger partial charge in [0.2, 0.25) is 5.91 Å². The van der Waals surface area contributed by atoms with E-state index in [9.17, 15) is 4.79 Å². The standard InChI is InChI=1S/C13H24N2O2/c1-2-13(5-7-14-8-6-13)10-15-12(16)11-4-3-9-17-11/h11,14H,2-10H2,1H3,(H,15,16)/t11-/m0/s1. The second-order valence-corrected chi connectivity index (χ2v) is 5.32. The zero-order chi connectivity index (χ0) is 12.1. The van der Waals surface area contributed by atoms with Gasteiger partial charge >= 0.3 is 0 Å². The van der Waals surface area contributed by atoms with Crippen LogP contribution in [0.25, 0.3) is 0 Å². The molecule has 0 aromatic rings. The number of nitrogens with one attached hydrogen (secondary N) is 2. The van der Waals surface area contributed by atoms with Crippen LogP contribution in [0.2, 0.25) is 0 Å². The summed E-state index contributed by atoms with van der Waals surface area (Å²) in [4.78, 5) is 11.9. The molecular formula is C13H24N2O2. The van der Waals surface area contributed by atoms with E-state index in [4.69, 9.17) is 4.74 Å². The van der Waals surface area contributed by atoms with Crippen molar-refractivity contribution in [2.75, 3.05) is 26.2 Å². The van der Waals surface area contributed by atoms with Gasteiger partial charge in [-0.2, -0.15) is 0 Å². The first-order valence-electron chi connectivity index (χ1n) is 6.86. The number of amides is 1. The van der Waals surface area contributed by atoms with Gasteiger partial charge in [0.25, 0.3) is 0 Å². The molecule has 1 atom stereocenters. The maximum Gasteiger partial charge on any atom is 0.249 e. The zero-order valence-electron chi connectivity index (χ0n) is 10.8. The minimum absolute atomic E-state index is 0.0915. The molecule has 0 unspecified atom stereocenters. The molecule has 2 fully saturated rings. The molecule has 2 N–H and O–H groups in total. The van der Waals surface area contributed by atoms with Crippen molar-refractivity contribution in [3.63, 3.8) is 0 Å². The van der Waals surface area contributed by atoms with E-state index >= 15 is 0 Å². The van der Waals surface area contributed by atoms with Crippen LogP contribution in [0.5, 0.6) is 0 Å². The second-order valence-electron chi connectivity index (χ2n) is 5.32. The van der Waals surface area contributed by atoms with E-state index in [1.165, 1.54) is 0 Å². The molecule has 4 nitrogen and oxygen atoms in total. The van der Waals surface area contributed by atoms with Crippen LogP contribution in [0.3, 0.4) is 0 Å². The number of rotatable bonds is 4. The first kappa shape index (κ1) is 12.8. The third-order valence-corrected chi connectivity index (χ3v) is 4.27. The molecule has 0 saturated carbocycles. The molecule has 2 rings (SSSR count). The molecule has 98 valence electrons. The van der Waals surface area contributed by atoms with Gasteiger partial charge in [-0.05, 0) is 50.6 Å². The predicted molar refractivity (Wildman–Crippen MR) is 66.8 cm³/mol. The SMILES string of the molecule is CCC1(CNC(=O)[C@@H]2CCCO2)CCNCC1. The van der Waals surface area contributed by atoms with Crippen molar-refractivity contribution in [3.05, 3.63) is 0 Å². The molecule has 2 heterocycles. The zero-order valence-corrected chi connectivity index (χ0v) is 10.8. The lowest BCUT2D eigenvalue weighted by Crippen LogP contribution is -2.46. The van der Waals surface area contributed by atoms with Crippen molar-refractivity contribution < 1.29 is 9.53 Å². The molecule has 0 aromatic carbocycles. The van der Waals surface area contributed by atoms with E-state index in [1.807, 2.05) is 0 Å². The Morgan fingerprint density at radius 2 is 2.24 bits per heavy atom. The molecule has 2 aliphatic rings. The molecule has 4 heteroatoms. The molecule has 0 spiro atoms. The van der Waals surface area contributed by atoms with Gasteiger partial charge in [-0.25, -0.2) is 0 Å². The van der Waals surface area contributed by atoms with Crippen molar-refractivity contribution in [2.24, 2.45) is 5.41 Å². The highest BCUT2D eigenvalue weighted by atomic mass is 16.5. The minimum atomic E-state index is -0.189. The fraction of sp³-hybridized carbons (Fsp3) is 0.923. The van der Waals surface area contributed by atoms with Gasteiger partial charge in [0, 0.05) is 13.2 Å². The number of hydrogen-bond donors (Lipinski definition) is 2. The Morgan fingerprint density at radius 3 is 2.82 bits per heavy atom. The molecule has 0 bridgehead atoms. The second kappa shape index (κ2) is 5.83. The summed E-state index contributed by atoms with van der Waals surface area (Å²) in [5.74, 6) is 0.0915. The van der Waals surface area contributed by atoms with E-state index < -0.39 is 0 Å². The van der Waals surface area contributed by atoms with Crippen LogP contribution in [0.1, 0.15) is 39.0 Å². The van der Waals surface area contributed by atoms with Gasteiger partial charge in [0.05, 0.1) is 0 Å². The summed E-state index contributed by atoms with van der Waals surface area (Å²) < 4.78 is 5.40. The molecule has 2 saturated heterocycles. The average molecular weight is 240 g/mol. The van der Waals surface area contributed by atoms with Gasteiger partial charge in [-0.1, -0.05) is 6.92 Å². The van der Waals surface area contributed by atoms with E-state index in [0.29, 0.717) is 5.41 Å². The number of hydrogen-bond acceptors (Lipinski definition) is 3. The van der Waals surface area contributed by atoms with Crippen molar-refractivity contribution in [3.8, 4) is 0 Å². The summed E-state index contributed by atoms with van der Waals surface area (Å²) in [7, 11) is 0. The Kier molecular flexibility index (Phi) is 4.40. The summed E-state index contributed by atoms with van der Waals surface area (Å²) in [6.45, 7) is 5.92. The minimum Gasteiger partial charge on any atom is -0.368 e. The van der Waals surface area contributed by atoms with Crippen molar-refractivity contribution >= 4 is 5.91 Å². The molecular weight excluding hydrogens is 216 g/mol. The Hall–Kier alpha value is -0.610. The highest BCUT2D eigenvalue weighted by Crippen LogP contribution is 2.31. The van der Waals surface area contributed by atoms with E-state index in [1.54, 1.807) is 0 Å². The molecule has 1 amide bonds. The van der Waals surface area contributed by atoms with E-state index in [0.717, 1.165) is 58.3 Å². The van der Waals surface area contributed by atoms with E-state index in [-0.39, 0.29) is 12.0 Å². The van der Waals surface area contributed by atoms with Crippen molar-refractivity contribution in [1.29, 1.82) is 0 Å². The Balaban J connectivity index is 1.80. The molecule has 0 radical (unpaired) electrons. The monoisotopic (exact) mass is 240 g/mol. The van der Waals surface area contributed by atoms with Gasteiger partial charge in [-0.15, -0.1) is 0 Å². The van der Waals surface area contributed by atoms with Gasteiger partial charge < -0.3 is 15.4 Å². The number of ether oxygens (including phenoxy) is 1. The largest absolute Gasteiger partial charge is 0.368 e. The summed E-state index contributed by atoms with van der Waals surface area (Å²) in [6.07, 6.45) is 5.17. The van der Waals surface area contributed by atoms with Crippen LogP contribution in [0, 0.1) is 5.41 Å². The Labute approximate surface area is 103 Å². The lowest BCUT2D eigenvalue weighted by Gasteiger charge is -2.37. The predicted octanol–water partition coefficient (Wildman–Crippen LogP) is 1.06. The van der Waals surface area contributed by atoms with Crippen LogP contribution in [0.4, 0.5) is 0 Å². The maximum atomic E-state index is 11.9. The van der Waals surface area contributed by atoms with Crippen LogP contribution in [-0.2, 0) is 9.53 Å². The molecule has 0 aromatic heterocycles. The van der Waals surface area contributed by atoms with Crippen LogP contribution >= 0.6 is 0 Å². The van der Waals surface area contributed by atoms with Gasteiger partial charge in [0.1, 0.15) is 6.10 Å².